The van der Waals surface area contributed by atoms with Gasteiger partial charge in [-0.25, -0.2) is 17.2 Å². The van der Waals surface area contributed by atoms with Crippen molar-refractivity contribution in [3.05, 3.63) is 29.8 Å². The molecular weight excluding hydrogens is 314 g/mol. The molecule has 0 aliphatic carbocycles. The van der Waals surface area contributed by atoms with E-state index in [-0.39, 0.29) is 6.54 Å². The summed E-state index contributed by atoms with van der Waals surface area (Å²) in [6, 6.07) is 2.80. The maximum absolute atomic E-state index is 13.7. The first kappa shape index (κ1) is 18.5. The van der Waals surface area contributed by atoms with Gasteiger partial charge < -0.3 is 5.32 Å². The van der Waals surface area contributed by atoms with Gasteiger partial charge in [-0.15, -0.1) is 0 Å². The average molecular weight is 334 g/mol. The maximum Gasteiger partial charge on any atom is 0.249 e. The van der Waals surface area contributed by atoms with E-state index in [1.165, 1.54) is 6.92 Å². The summed E-state index contributed by atoms with van der Waals surface area (Å²) in [5.74, 6) is -2.92. The zero-order valence-corrected chi connectivity index (χ0v) is 13.8. The Morgan fingerprint density at radius 1 is 1.23 bits per heavy atom. The number of likely N-dealkylation sites (N-methyl/N-ethyl adjacent to an activating group) is 1. The molecule has 124 valence electrons. The number of rotatable bonds is 5. The summed E-state index contributed by atoms with van der Waals surface area (Å²) in [6.45, 7) is 6.11. The number of nitrogens with zero attached hydrogens (tertiary/aromatic N) is 1. The maximum atomic E-state index is 13.7. The molecule has 0 unspecified atom stereocenters. The van der Waals surface area contributed by atoms with E-state index in [0.29, 0.717) is 0 Å². The molecule has 1 amide bonds. The van der Waals surface area contributed by atoms with Gasteiger partial charge in [0.15, 0.2) is 4.90 Å². The van der Waals surface area contributed by atoms with Gasteiger partial charge in [0.1, 0.15) is 11.6 Å². The minimum absolute atomic E-state index is 0.0896. The van der Waals surface area contributed by atoms with Crippen LogP contribution in [0.5, 0.6) is 0 Å². The molecule has 1 aromatic rings. The zero-order chi connectivity index (χ0) is 17.1. The van der Waals surface area contributed by atoms with Gasteiger partial charge in [0.05, 0.1) is 6.54 Å². The summed E-state index contributed by atoms with van der Waals surface area (Å²) in [5, 5.41) is 2.60. The van der Waals surface area contributed by atoms with Crippen molar-refractivity contribution in [3.8, 4) is 0 Å². The fourth-order valence-corrected chi connectivity index (χ4v) is 3.36. The number of amides is 1. The lowest BCUT2D eigenvalue weighted by molar-refractivity contribution is -0.122. The topological polar surface area (TPSA) is 66.5 Å². The van der Waals surface area contributed by atoms with Crippen molar-refractivity contribution >= 4 is 15.9 Å². The Hall–Kier alpha value is -1.54. The highest BCUT2D eigenvalue weighted by atomic mass is 32.2. The Balaban J connectivity index is 3.11. The second kappa shape index (κ2) is 6.70. The van der Waals surface area contributed by atoms with Crippen molar-refractivity contribution < 1.29 is 22.0 Å². The fraction of sp³-hybridized carbons (Fsp3) is 0.500. The van der Waals surface area contributed by atoms with E-state index in [9.17, 15) is 22.0 Å². The molecule has 0 aliphatic heterocycles. The molecule has 0 saturated heterocycles. The molecule has 1 aromatic carbocycles. The van der Waals surface area contributed by atoms with Gasteiger partial charge in [-0.2, -0.15) is 4.31 Å². The number of benzene rings is 1. The van der Waals surface area contributed by atoms with Crippen molar-refractivity contribution in [2.45, 2.75) is 38.1 Å². The van der Waals surface area contributed by atoms with E-state index in [1.54, 1.807) is 20.8 Å². The number of hydrogen-bond donors (Lipinski definition) is 1. The number of carbonyl (C=O) groups excluding carboxylic acids is 1. The molecule has 22 heavy (non-hydrogen) atoms. The molecule has 5 nitrogen and oxygen atoms in total. The molecule has 0 aliphatic rings. The lowest BCUT2D eigenvalue weighted by Crippen LogP contribution is -2.47. The van der Waals surface area contributed by atoms with Crippen molar-refractivity contribution in [2.75, 3.05) is 13.1 Å². The van der Waals surface area contributed by atoms with Crippen LogP contribution in [0, 0.1) is 11.6 Å². The predicted molar refractivity (Wildman–Crippen MR) is 78.7 cm³/mol. The fourth-order valence-electron chi connectivity index (χ4n) is 1.84. The minimum Gasteiger partial charge on any atom is -0.350 e. The molecule has 0 aromatic heterocycles. The molecule has 0 fully saturated rings. The number of sulfonamides is 1. The minimum atomic E-state index is -4.44. The highest BCUT2D eigenvalue weighted by Gasteiger charge is 2.31. The molecule has 1 N–H and O–H groups in total. The van der Waals surface area contributed by atoms with Crippen LogP contribution >= 0.6 is 0 Å². The Morgan fingerprint density at radius 2 is 1.73 bits per heavy atom. The van der Waals surface area contributed by atoms with E-state index < -0.39 is 44.5 Å². The number of carbonyl (C=O) groups is 1. The van der Waals surface area contributed by atoms with Crippen LogP contribution in [0.3, 0.4) is 0 Å². The van der Waals surface area contributed by atoms with Gasteiger partial charge in [0, 0.05) is 12.1 Å². The van der Waals surface area contributed by atoms with Crippen molar-refractivity contribution in [1.29, 1.82) is 0 Å². The van der Waals surface area contributed by atoms with E-state index in [0.717, 1.165) is 22.5 Å². The molecular formula is C14H20F2N2O3S. The standard InChI is InChI=1S/C14H20F2N2O3S/c1-5-18(9-12(19)17-14(2,3)4)22(20,21)13-10(15)7-6-8-11(13)16/h6-8H,5,9H2,1-4H3,(H,17,19). The molecule has 0 spiro atoms. The largest absolute Gasteiger partial charge is 0.350 e. The van der Waals surface area contributed by atoms with Gasteiger partial charge in [0.2, 0.25) is 15.9 Å². The summed E-state index contributed by atoms with van der Waals surface area (Å²) in [4.78, 5) is 10.8. The van der Waals surface area contributed by atoms with Crippen LogP contribution in [0.15, 0.2) is 23.1 Å². The third-order valence-electron chi connectivity index (χ3n) is 2.70. The monoisotopic (exact) mass is 334 g/mol. The number of hydrogen-bond acceptors (Lipinski definition) is 3. The van der Waals surface area contributed by atoms with Crippen LogP contribution in [0.25, 0.3) is 0 Å². The summed E-state index contributed by atoms with van der Waals surface area (Å²) >= 11 is 0. The van der Waals surface area contributed by atoms with Gasteiger partial charge in [-0.05, 0) is 32.9 Å². The summed E-state index contributed by atoms with van der Waals surface area (Å²) < 4.78 is 52.9. The molecule has 1 rings (SSSR count). The van der Waals surface area contributed by atoms with Crippen molar-refractivity contribution in [1.82, 2.24) is 9.62 Å². The highest BCUT2D eigenvalue weighted by molar-refractivity contribution is 7.89. The van der Waals surface area contributed by atoms with Crippen LogP contribution < -0.4 is 5.32 Å². The second-order valence-electron chi connectivity index (χ2n) is 5.78. The third kappa shape index (κ3) is 4.48. The number of halogens is 2. The summed E-state index contributed by atoms with van der Waals surface area (Å²) in [7, 11) is -4.44. The predicted octanol–water partition coefficient (Wildman–Crippen LogP) is 1.89. The molecule has 0 saturated carbocycles. The van der Waals surface area contributed by atoms with Crippen LogP contribution in [0.2, 0.25) is 0 Å². The molecule has 0 radical (unpaired) electrons. The third-order valence-corrected chi connectivity index (χ3v) is 4.68. The highest BCUT2D eigenvalue weighted by Crippen LogP contribution is 2.22. The van der Waals surface area contributed by atoms with Crippen LogP contribution in [-0.2, 0) is 14.8 Å². The lowest BCUT2D eigenvalue weighted by Gasteiger charge is -2.24. The molecule has 0 atom stereocenters. The molecule has 0 bridgehead atoms. The smallest absolute Gasteiger partial charge is 0.249 e. The van der Waals surface area contributed by atoms with E-state index in [4.69, 9.17) is 0 Å². The lowest BCUT2D eigenvalue weighted by atomic mass is 10.1. The van der Waals surface area contributed by atoms with E-state index in [2.05, 4.69) is 5.32 Å². The summed E-state index contributed by atoms with van der Waals surface area (Å²) in [6.07, 6.45) is 0. The van der Waals surface area contributed by atoms with Gasteiger partial charge in [-0.1, -0.05) is 13.0 Å². The van der Waals surface area contributed by atoms with Crippen LogP contribution in [0.4, 0.5) is 8.78 Å². The van der Waals surface area contributed by atoms with E-state index in [1.807, 2.05) is 0 Å². The Kier molecular flexibility index (Phi) is 5.64. The first-order chi connectivity index (χ1) is 9.99. The van der Waals surface area contributed by atoms with Crippen LogP contribution in [-0.4, -0.2) is 37.3 Å². The van der Waals surface area contributed by atoms with Crippen LogP contribution in [0.1, 0.15) is 27.7 Å². The Bertz CT molecular complexity index is 634. The first-order valence-corrected chi connectivity index (χ1v) is 8.18. The average Bonchev–Trinajstić information content (AvgIpc) is 2.33. The van der Waals surface area contributed by atoms with Gasteiger partial charge in [0.25, 0.3) is 0 Å². The second-order valence-corrected chi connectivity index (χ2v) is 7.65. The van der Waals surface area contributed by atoms with Crippen molar-refractivity contribution in [2.24, 2.45) is 0 Å². The quantitative estimate of drug-likeness (QED) is 0.894. The Labute approximate surface area is 129 Å². The van der Waals surface area contributed by atoms with Gasteiger partial charge >= 0.3 is 0 Å². The van der Waals surface area contributed by atoms with Gasteiger partial charge in [-0.3, -0.25) is 4.79 Å². The SMILES string of the molecule is CCN(CC(=O)NC(C)(C)C)S(=O)(=O)c1c(F)cccc1F. The molecule has 8 heteroatoms. The zero-order valence-electron chi connectivity index (χ0n) is 13.0. The number of nitrogens with one attached hydrogen (secondary N) is 1. The van der Waals surface area contributed by atoms with E-state index >= 15 is 0 Å². The Morgan fingerprint density at radius 3 is 2.14 bits per heavy atom. The normalized spacial score (nSPS) is 12.5. The first-order valence-electron chi connectivity index (χ1n) is 6.74. The molecule has 0 heterocycles. The van der Waals surface area contributed by atoms with Crippen molar-refractivity contribution in [3.63, 3.8) is 0 Å². The summed E-state index contributed by atoms with van der Waals surface area (Å²) in [5.41, 5.74) is -0.538.